The van der Waals surface area contributed by atoms with Gasteiger partial charge in [-0.3, -0.25) is 0 Å². The third-order valence-corrected chi connectivity index (χ3v) is 5.65. The Labute approximate surface area is 186 Å². The topological polar surface area (TPSA) is 63.2 Å². The summed E-state index contributed by atoms with van der Waals surface area (Å²) in [6.45, 7) is 7.46. The Morgan fingerprint density at radius 2 is 1.90 bits per heavy atom. The van der Waals surface area contributed by atoms with Crippen LogP contribution >= 0.6 is 34.8 Å². The summed E-state index contributed by atoms with van der Waals surface area (Å²) in [5.74, 6) is 2.18. The van der Waals surface area contributed by atoms with Crippen molar-refractivity contribution in [2.45, 2.75) is 36.5 Å². The molecule has 0 amide bonds. The Morgan fingerprint density at radius 1 is 1.17 bits per heavy atom. The molecule has 1 aromatic carbocycles. The number of nitrogens with zero attached hydrogens (tertiary/aromatic N) is 4. The lowest BCUT2D eigenvalue weighted by atomic mass is 9.96. The normalized spacial score (nSPS) is 16.2. The highest BCUT2D eigenvalue weighted by molar-refractivity contribution is 6.66. The summed E-state index contributed by atoms with van der Waals surface area (Å²) in [5, 5.41) is 3.32. The maximum atomic E-state index is 6.06. The highest BCUT2D eigenvalue weighted by Crippen LogP contribution is 2.37. The molecule has 2 heterocycles. The molecule has 1 aliphatic rings. The molecule has 0 spiro atoms. The molecule has 1 aliphatic heterocycles. The molecule has 0 radical (unpaired) electrons. The number of nitrogens with one attached hydrogen (secondary N) is 1. The summed E-state index contributed by atoms with van der Waals surface area (Å²) in [4.78, 5) is 15.7. The number of piperidine rings is 1. The molecule has 0 bridgehead atoms. The van der Waals surface area contributed by atoms with Gasteiger partial charge in [-0.15, -0.1) is 0 Å². The number of methoxy groups -OCH3 is 1. The second-order valence-electron chi connectivity index (χ2n) is 7.49. The summed E-state index contributed by atoms with van der Waals surface area (Å²) in [5.41, 5.74) is 0.760. The number of anilines is 1. The van der Waals surface area contributed by atoms with Gasteiger partial charge in [-0.2, -0.15) is 9.97 Å². The first-order valence-corrected chi connectivity index (χ1v) is 10.8. The molecule has 1 saturated heterocycles. The largest absolute Gasteiger partial charge is 0.497 e. The highest BCUT2D eigenvalue weighted by Gasteiger charge is 2.29. The molecule has 29 heavy (non-hydrogen) atoms. The van der Waals surface area contributed by atoms with Crippen molar-refractivity contribution in [3.63, 3.8) is 0 Å². The van der Waals surface area contributed by atoms with Gasteiger partial charge in [0.2, 0.25) is 9.74 Å². The Morgan fingerprint density at radius 3 is 2.52 bits per heavy atom. The van der Waals surface area contributed by atoms with Crippen LogP contribution in [0.2, 0.25) is 0 Å². The lowest BCUT2D eigenvalue weighted by Crippen LogP contribution is -2.40. The molecular formula is C20H26Cl3N5O. The number of alkyl halides is 3. The van der Waals surface area contributed by atoms with Crippen molar-refractivity contribution in [2.75, 3.05) is 32.1 Å². The maximum Gasteiger partial charge on any atom is 0.250 e. The van der Waals surface area contributed by atoms with Gasteiger partial charge in [-0.25, -0.2) is 4.98 Å². The standard InChI is InChI=1S/C20H26Cl3N5O/c1-13(2)28-9-7-14(8-10-28)12-24-19-26-17(25-18(27-19)20(21,22)23)15-5-4-6-16(11-15)29-3/h4-6,11,13-14H,7-10,12H2,1-3H3,(H,24,25,26,27). The van der Waals surface area contributed by atoms with E-state index in [0.29, 0.717) is 29.5 Å². The van der Waals surface area contributed by atoms with Gasteiger partial charge in [0.15, 0.2) is 11.6 Å². The first-order chi connectivity index (χ1) is 13.8. The number of benzene rings is 1. The van der Waals surface area contributed by atoms with Crippen LogP contribution in [0.3, 0.4) is 0 Å². The summed E-state index contributed by atoms with van der Waals surface area (Å²) in [6.07, 6.45) is 2.27. The number of hydrogen-bond acceptors (Lipinski definition) is 6. The van der Waals surface area contributed by atoms with Crippen LogP contribution in [0.5, 0.6) is 5.75 Å². The number of rotatable bonds is 6. The fourth-order valence-corrected chi connectivity index (χ4v) is 3.64. The summed E-state index contributed by atoms with van der Waals surface area (Å²) < 4.78 is 3.55. The van der Waals surface area contributed by atoms with E-state index in [1.165, 1.54) is 0 Å². The summed E-state index contributed by atoms with van der Waals surface area (Å²) in [6, 6.07) is 8.02. The van der Waals surface area contributed by atoms with E-state index >= 15 is 0 Å². The van der Waals surface area contributed by atoms with Crippen LogP contribution in [-0.2, 0) is 3.79 Å². The molecule has 6 nitrogen and oxygen atoms in total. The molecular weight excluding hydrogens is 433 g/mol. The lowest BCUT2D eigenvalue weighted by molar-refractivity contribution is 0.153. The van der Waals surface area contributed by atoms with Gasteiger partial charge >= 0.3 is 0 Å². The fraction of sp³-hybridized carbons (Fsp3) is 0.550. The molecule has 0 unspecified atom stereocenters. The van der Waals surface area contributed by atoms with E-state index in [1.54, 1.807) is 7.11 Å². The monoisotopic (exact) mass is 457 g/mol. The van der Waals surface area contributed by atoms with Gasteiger partial charge in [-0.05, 0) is 57.8 Å². The zero-order valence-corrected chi connectivity index (χ0v) is 19.1. The second-order valence-corrected chi connectivity index (χ2v) is 9.77. The predicted molar refractivity (Wildman–Crippen MR) is 119 cm³/mol. The molecule has 1 aromatic heterocycles. The van der Waals surface area contributed by atoms with E-state index in [1.807, 2.05) is 24.3 Å². The zero-order valence-electron chi connectivity index (χ0n) is 16.8. The Bertz CT molecular complexity index is 820. The van der Waals surface area contributed by atoms with Crippen LogP contribution in [0.15, 0.2) is 24.3 Å². The van der Waals surface area contributed by atoms with E-state index in [-0.39, 0.29) is 5.82 Å². The molecule has 3 rings (SSSR count). The van der Waals surface area contributed by atoms with Crippen LogP contribution in [-0.4, -0.2) is 52.6 Å². The molecule has 158 valence electrons. The minimum Gasteiger partial charge on any atom is -0.497 e. The molecule has 1 fully saturated rings. The first-order valence-electron chi connectivity index (χ1n) is 9.72. The van der Waals surface area contributed by atoms with Gasteiger partial charge in [0.1, 0.15) is 5.75 Å². The summed E-state index contributed by atoms with van der Waals surface area (Å²) in [7, 11) is 1.61. The van der Waals surface area contributed by atoms with Crippen LogP contribution in [0, 0.1) is 5.92 Å². The van der Waals surface area contributed by atoms with Crippen molar-refractivity contribution < 1.29 is 4.74 Å². The fourth-order valence-electron chi connectivity index (χ4n) is 3.38. The number of aromatic nitrogens is 3. The third-order valence-electron chi connectivity index (χ3n) is 5.15. The van der Waals surface area contributed by atoms with E-state index in [0.717, 1.165) is 38.0 Å². The minimum absolute atomic E-state index is 0.0902. The lowest BCUT2D eigenvalue weighted by Gasteiger charge is -2.34. The number of ether oxygens (including phenoxy) is 1. The predicted octanol–water partition coefficient (Wildman–Crippen LogP) is 4.91. The van der Waals surface area contributed by atoms with Crippen molar-refractivity contribution in [2.24, 2.45) is 5.92 Å². The zero-order chi connectivity index (χ0) is 21.0. The van der Waals surface area contributed by atoms with Gasteiger partial charge in [-0.1, -0.05) is 46.9 Å². The van der Waals surface area contributed by atoms with Crippen molar-refractivity contribution in [1.29, 1.82) is 0 Å². The first kappa shape index (κ1) is 22.3. The molecule has 1 N–H and O–H groups in total. The van der Waals surface area contributed by atoms with Crippen LogP contribution < -0.4 is 10.1 Å². The Balaban J connectivity index is 1.77. The van der Waals surface area contributed by atoms with Crippen molar-refractivity contribution >= 4 is 40.8 Å². The number of hydrogen-bond donors (Lipinski definition) is 1. The minimum atomic E-state index is -1.74. The number of halogens is 3. The van der Waals surface area contributed by atoms with Crippen LogP contribution in [0.1, 0.15) is 32.5 Å². The van der Waals surface area contributed by atoms with E-state index < -0.39 is 3.79 Å². The maximum absolute atomic E-state index is 6.06. The highest BCUT2D eigenvalue weighted by atomic mass is 35.6. The van der Waals surface area contributed by atoms with Gasteiger partial charge in [0, 0.05) is 18.2 Å². The Hall–Kier alpha value is -1.34. The average Bonchev–Trinajstić information content (AvgIpc) is 2.71. The molecule has 0 aliphatic carbocycles. The van der Waals surface area contributed by atoms with Crippen molar-refractivity contribution in [1.82, 2.24) is 19.9 Å². The Kier molecular flexibility index (Phi) is 7.43. The quantitative estimate of drug-likeness (QED) is 0.621. The summed E-state index contributed by atoms with van der Waals surface area (Å²) >= 11 is 18.2. The molecule has 0 atom stereocenters. The third kappa shape index (κ3) is 6.07. The van der Waals surface area contributed by atoms with Crippen molar-refractivity contribution in [3.05, 3.63) is 30.1 Å². The van der Waals surface area contributed by atoms with Crippen LogP contribution in [0.4, 0.5) is 5.95 Å². The SMILES string of the molecule is COc1cccc(-c2nc(NCC3CCN(C(C)C)CC3)nc(C(Cl)(Cl)Cl)n2)c1. The van der Waals surface area contributed by atoms with Gasteiger partial charge in [0.05, 0.1) is 7.11 Å². The van der Waals surface area contributed by atoms with E-state index in [9.17, 15) is 0 Å². The second kappa shape index (κ2) is 9.65. The van der Waals surface area contributed by atoms with Gasteiger partial charge in [0.25, 0.3) is 0 Å². The molecule has 9 heteroatoms. The molecule has 0 saturated carbocycles. The van der Waals surface area contributed by atoms with Crippen molar-refractivity contribution in [3.8, 4) is 17.1 Å². The number of likely N-dealkylation sites (tertiary alicyclic amines) is 1. The van der Waals surface area contributed by atoms with Gasteiger partial charge < -0.3 is 15.0 Å². The van der Waals surface area contributed by atoms with E-state index in [4.69, 9.17) is 39.5 Å². The molecule has 2 aromatic rings. The smallest absolute Gasteiger partial charge is 0.250 e. The average molecular weight is 459 g/mol. The van der Waals surface area contributed by atoms with Crippen LogP contribution in [0.25, 0.3) is 11.4 Å². The van der Waals surface area contributed by atoms with E-state index in [2.05, 4.69) is 39.0 Å².